The molecule has 0 saturated carbocycles. The molecule has 106 valence electrons. The van der Waals surface area contributed by atoms with Gasteiger partial charge in [0.15, 0.2) is 0 Å². The minimum atomic E-state index is 0.439. The Bertz CT molecular complexity index is 542. The summed E-state index contributed by atoms with van der Waals surface area (Å²) in [5.41, 5.74) is 2.58. The summed E-state index contributed by atoms with van der Waals surface area (Å²) in [6.07, 6.45) is 3.14. The summed E-state index contributed by atoms with van der Waals surface area (Å²) in [5.74, 6) is 0. The molecule has 0 saturated heterocycles. The van der Waals surface area contributed by atoms with Gasteiger partial charge in [0.1, 0.15) is 0 Å². The molecular formula is C17H19BrClN. The SMILES string of the molecule is CNC(CCc1ccccc1)Cc1ccc(Br)cc1Cl. The van der Waals surface area contributed by atoms with Crippen molar-refractivity contribution in [2.75, 3.05) is 7.05 Å². The number of nitrogens with one attached hydrogen (secondary N) is 1. The zero-order valence-electron chi connectivity index (χ0n) is 11.6. The minimum absolute atomic E-state index is 0.439. The number of benzene rings is 2. The van der Waals surface area contributed by atoms with E-state index in [2.05, 4.69) is 57.6 Å². The summed E-state index contributed by atoms with van der Waals surface area (Å²) in [5, 5.41) is 4.22. The normalized spacial score (nSPS) is 12.3. The predicted octanol–water partition coefficient (Wildman–Crippen LogP) is 4.87. The molecule has 0 heterocycles. The summed E-state index contributed by atoms with van der Waals surface area (Å²) in [6, 6.07) is 17.1. The minimum Gasteiger partial charge on any atom is -0.317 e. The van der Waals surface area contributed by atoms with E-state index in [9.17, 15) is 0 Å². The summed E-state index contributed by atoms with van der Waals surface area (Å²) in [7, 11) is 2.02. The standard InChI is InChI=1S/C17H19BrClN/c1-20-16(10-7-13-5-3-2-4-6-13)11-14-8-9-15(18)12-17(14)19/h2-6,8-9,12,16,20H,7,10-11H2,1H3. The average Bonchev–Trinajstić information content (AvgIpc) is 2.46. The second kappa shape index (κ2) is 7.82. The van der Waals surface area contributed by atoms with E-state index in [0.29, 0.717) is 6.04 Å². The van der Waals surface area contributed by atoms with Gasteiger partial charge in [-0.05, 0) is 49.6 Å². The van der Waals surface area contributed by atoms with Crippen molar-refractivity contribution in [3.8, 4) is 0 Å². The van der Waals surface area contributed by atoms with E-state index in [0.717, 1.165) is 28.8 Å². The summed E-state index contributed by atoms with van der Waals surface area (Å²) in [4.78, 5) is 0. The van der Waals surface area contributed by atoms with Crippen molar-refractivity contribution in [1.29, 1.82) is 0 Å². The smallest absolute Gasteiger partial charge is 0.0449 e. The highest BCUT2D eigenvalue weighted by atomic mass is 79.9. The molecule has 0 radical (unpaired) electrons. The fourth-order valence-electron chi connectivity index (χ4n) is 2.29. The van der Waals surface area contributed by atoms with Crippen molar-refractivity contribution in [3.63, 3.8) is 0 Å². The molecule has 0 aliphatic heterocycles. The number of likely N-dealkylation sites (N-methyl/N-ethyl adjacent to an activating group) is 1. The molecule has 2 rings (SSSR count). The molecule has 1 N–H and O–H groups in total. The van der Waals surface area contributed by atoms with Crippen LogP contribution >= 0.6 is 27.5 Å². The topological polar surface area (TPSA) is 12.0 Å². The third kappa shape index (κ3) is 4.62. The molecule has 0 aliphatic rings. The zero-order chi connectivity index (χ0) is 14.4. The van der Waals surface area contributed by atoms with Gasteiger partial charge in [0, 0.05) is 15.5 Å². The van der Waals surface area contributed by atoms with Crippen molar-refractivity contribution in [3.05, 3.63) is 69.2 Å². The Morgan fingerprint density at radius 3 is 2.55 bits per heavy atom. The van der Waals surface area contributed by atoms with Gasteiger partial charge in [0.2, 0.25) is 0 Å². The third-order valence-electron chi connectivity index (χ3n) is 3.51. The second-order valence-electron chi connectivity index (χ2n) is 4.95. The van der Waals surface area contributed by atoms with Crippen LogP contribution in [-0.4, -0.2) is 13.1 Å². The zero-order valence-corrected chi connectivity index (χ0v) is 13.9. The lowest BCUT2D eigenvalue weighted by Gasteiger charge is -2.17. The van der Waals surface area contributed by atoms with Gasteiger partial charge in [-0.1, -0.05) is 63.9 Å². The van der Waals surface area contributed by atoms with Gasteiger partial charge in [-0.3, -0.25) is 0 Å². The third-order valence-corrected chi connectivity index (χ3v) is 4.36. The highest BCUT2D eigenvalue weighted by Gasteiger charge is 2.10. The van der Waals surface area contributed by atoms with Crippen LogP contribution in [0.2, 0.25) is 5.02 Å². The maximum Gasteiger partial charge on any atom is 0.0449 e. The quantitative estimate of drug-likeness (QED) is 0.782. The van der Waals surface area contributed by atoms with Crippen molar-refractivity contribution < 1.29 is 0 Å². The number of aryl methyl sites for hydroxylation is 1. The molecule has 1 atom stereocenters. The van der Waals surface area contributed by atoms with Gasteiger partial charge in [-0.15, -0.1) is 0 Å². The molecule has 20 heavy (non-hydrogen) atoms. The maximum absolute atomic E-state index is 6.29. The maximum atomic E-state index is 6.29. The first kappa shape index (κ1) is 15.6. The highest BCUT2D eigenvalue weighted by Crippen LogP contribution is 2.23. The molecule has 3 heteroatoms. The fourth-order valence-corrected chi connectivity index (χ4v) is 3.04. The molecule has 0 amide bonds. The van der Waals surface area contributed by atoms with E-state index in [1.54, 1.807) is 0 Å². The van der Waals surface area contributed by atoms with Crippen LogP contribution in [0.25, 0.3) is 0 Å². The Kier molecular flexibility index (Phi) is 6.08. The molecule has 0 bridgehead atoms. The first-order valence-electron chi connectivity index (χ1n) is 6.84. The lowest BCUT2D eigenvalue weighted by atomic mass is 9.99. The molecular weight excluding hydrogens is 334 g/mol. The Hall–Kier alpha value is -0.830. The van der Waals surface area contributed by atoms with Crippen LogP contribution in [0.1, 0.15) is 17.5 Å². The van der Waals surface area contributed by atoms with E-state index in [4.69, 9.17) is 11.6 Å². The van der Waals surface area contributed by atoms with E-state index < -0.39 is 0 Å². The van der Waals surface area contributed by atoms with Crippen molar-refractivity contribution in [2.24, 2.45) is 0 Å². The van der Waals surface area contributed by atoms with Gasteiger partial charge in [-0.2, -0.15) is 0 Å². The summed E-state index contributed by atoms with van der Waals surface area (Å²) in [6.45, 7) is 0. The van der Waals surface area contributed by atoms with Gasteiger partial charge in [-0.25, -0.2) is 0 Å². The molecule has 2 aromatic carbocycles. The van der Waals surface area contributed by atoms with Gasteiger partial charge >= 0.3 is 0 Å². The Morgan fingerprint density at radius 1 is 1.15 bits per heavy atom. The monoisotopic (exact) mass is 351 g/mol. The van der Waals surface area contributed by atoms with E-state index >= 15 is 0 Å². The van der Waals surface area contributed by atoms with Crippen LogP contribution in [0.4, 0.5) is 0 Å². The number of hydrogen-bond donors (Lipinski definition) is 1. The van der Waals surface area contributed by atoms with Gasteiger partial charge in [0.25, 0.3) is 0 Å². The summed E-state index contributed by atoms with van der Waals surface area (Å²) < 4.78 is 1.02. The van der Waals surface area contributed by atoms with E-state index in [1.807, 2.05) is 19.2 Å². The van der Waals surface area contributed by atoms with Crippen LogP contribution in [0.15, 0.2) is 53.0 Å². The Labute approximate surface area is 134 Å². The van der Waals surface area contributed by atoms with Crippen molar-refractivity contribution in [1.82, 2.24) is 5.32 Å². The van der Waals surface area contributed by atoms with E-state index in [1.165, 1.54) is 11.1 Å². The molecule has 1 nitrogen and oxygen atoms in total. The largest absolute Gasteiger partial charge is 0.317 e. The molecule has 0 aromatic heterocycles. The number of hydrogen-bond acceptors (Lipinski definition) is 1. The highest BCUT2D eigenvalue weighted by molar-refractivity contribution is 9.10. The van der Waals surface area contributed by atoms with Crippen molar-refractivity contribution in [2.45, 2.75) is 25.3 Å². The Balaban J connectivity index is 1.95. The second-order valence-corrected chi connectivity index (χ2v) is 6.27. The lowest BCUT2D eigenvalue weighted by molar-refractivity contribution is 0.520. The predicted molar refractivity (Wildman–Crippen MR) is 90.5 cm³/mol. The van der Waals surface area contributed by atoms with Crippen LogP contribution < -0.4 is 5.32 Å². The molecule has 2 aromatic rings. The van der Waals surface area contributed by atoms with E-state index in [-0.39, 0.29) is 0 Å². The van der Waals surface area contributed by atoms with Gasteiger partial charge in [0.05, 0.1) is 0 Å². The first-order valence-corrected chi connectivity index (χ1v) is 8.01. The van der Waals surface area contributed by atoms with Crippen LogP contribution in [0, 0.1) is 0 Å². The molecule has 0 spiro atoms. The molecule has 0 fully saturated rings. The van der Waals surface area contributed by atoms with Crippen LogP contribution in [0.5, 0.6) is 0 Å². The fraction of sp³-hybridized carbons (Fsp3) is 0.294. The van der Waals surface area contributed by atoms with Gasteiger partial charge < -0.3 is 5.32 Å². The number of halogens is 2. The first-order chi connectivity index (χ1) is 9.69. The molecule has 0 aliphatic carbocycles. The number of rotatable bonds is 6. The average molecular weight is 353 g/mol. The Morgan fingerprint density at radius 2 is 1.90 bits per heavy atom. The van der Waals surface area contributed by atoms with Crippen molar-refractivity contribution >= 4 is 27.5 Å². The summed E-state index contributed by atoms with van der Waals surface area (Å²) >= 11 is 9.73. The van der Waals surface area contributed by atoms with Crippen LogP contribution in [0.3, 0.4) is 0 Å². The lowest BCUT2D eigenvalue weighted by Crippen LogP contribution is -2.28. The van der Waals surface area contributed by atoms with Crippen LogP contribution in [-0.2, 0) is 12.8 Å². The molecule has 1 unspecified atom stereocenters.